The zero-order valence-electron chi connectivity index (χ0n) is 11.7. The van der Waals surface area contributed by atoms with Gasteiger partial charge >= 0.3 is 0 Å². The lowest BCUT2D eigenvalue weighted by Crippen LogP contribution is -1.95. The molecule has 2 heterocycles. The highest BCUT2D eigenvalue weighted by Crippen LogP contribution is 2.27. The molecule has 0 fully saturated rings. The van der Waals surface area contributed by atoms with Gasteiger partial charge in [-0.15, -0.1) is 0 Å². The first-order valence-corrected chi connectivity index (χ1v) is 7.73. The van der Waals surface area contributed by atoms with E-state index in [1.807, 2.05) is 24.3 Å². The van der Waals surface area contributed by atoms with Gasteiger partial charge in [0.15, 0.2) is 10.8 Å². The quantitative estimate of drug-likeness (QED) is 0.555. The van der Waals surface area contributed by atoms with Gasteiger partial charge in [0, 0.05) is 4.90 Å². The Labute approximate surface area is 127 Å². The highest BCUT2D eigenvalue weighted by Gasteiger charge is 2.04. The van der Waals surface area contributed by atoms with Crippen molar-refractivity contribution in [3.63, 3.8) is 0 Å². The van der Waals surface area contributed by atoms with Crippen molar-refractivity contribution in [2.24, 2.45) is 0 Å². The van der Waals surface area contributed by atoms with Gasteiger partial charge in [-0.05, 0) is 42.4 Å². The lowest BCUT2D eigenvalue weighted by Gasteiger charge is -2.06. The van der Waals surface area contributed by atoms with E-state index in [0.717, 1.165) is 35.6 Å². The number of unbranched alkanes of at least 4 members (excludes halogenated alkanes) is 1. The molecule has 6 heteroatoms. The Balaban J connectivity index is 1.66. The van der Waals surface area contributed by atoms with Crippen LogP contribution in [0.3, 0.4) is 0 Å². The second-order valence-electron chi connectivity index (χ2n) is 4.57. The summed E-state index contributed by atoms with van der Waals surface area (Å²) < 4.78 is 5.64. The van der Waals surface area contributed by atoms with Gasteiger partial charge in [0.1, 0.15) is 11.3 Å². The average molecular weight is 300 g/mol. The molecule has 3 rings (SSSR count). The molecule has 0 amide bonds. The number of hydrogen-bond acceptors (Lipinski definition) is 5. The van der Waals surface area contributed by atoms with Gasteiger partial charge in [0.2, 0.25) is 0 Å². The SMILES string of the molecule is CCCCOc1ccc(Sc2ncc3[nH]cnc3n2)cc1. The Morgan fingerprint density at radius 3 is 2.86 bits per heavy atom. The monoisotopic (exact) mass is 300 g/mol. The van der Waals surface area contributed by atoms with Crippen LogP contribution in [0.1, 0.15) is 19.8 Å². The van der Waals surface area contributed by atoms with Crippen LogP contribution in [0.15, 0.2) is 46.8 Å². The standard InChI is InChI=1S/C15H16N4OS/c1-2-3-8-20-11-4-6-12(7-5-11)21-15-16-9-13-14(19-15)18-10-17-13/h4-7,9-10H,2-3,8H2,1H3,(H,16,17,18,19). The molecule has 21 heavy (non-hydrogen) atoms. The zero-order valence-corrected chi connectivity index (χ0v) is 12.6. The average Bonchev–Trinajstić information content (AvgIpc) is 2.97. The first-order chi connectivity index (χ1) is 10.3. The van der Waals surface area contributed by atoms with Crippen molar-refractivity contribution in [1.82, 2.24) is 19.9 Å². The molecule has 0 unspecified atom stereocenters. The summed E-state index contributed by atoms with van der Waals surface area (Å²) in [7, 11) is 0. The highest BCUT2D eigenvalue weighted by molar-refractivity contribution is 7.99. The Bertz CT molecular complexity index is 711. The van der Waals surface area contributed by atoms with E-state index < -0.39 is 0 Å². The van der Waals surface area contributed by atoms with Crippen LogP contribution in [-0.4, -0.2) is 26.5 Å². The van der Waals surface area contributed by atoms with E-state index >= 15 is 0 Å². The number of imidazole rings is 1. The molecule has 0 aliphatic heterocycles. The maximum absolute atomic E-state index is 5.64. The zero-order chi connectivity index (χ0) is 14.5. The fraction of sp³-hybridized carbons (Fsp3) is 0.267. The van der Waals surface area contributed by atoms with Crippen LogP contribution in [-0.2, 0) is 0 Å². The van der Waals surface area contributed by atoms with Crippen LogP contribution >= 0.6 is 11.8 Å². The van der Waals surface area contributed by atoms with Crippen molar-refractivity contribution >= 4 is 22.9 Å². The van der Waals surface area contributed by atoms with Crippen molar-refractivity contribution in [1.29, 1.82) is 0 Å². The maximum atomic E-state index is 5.64. The van der Waals surface area contributed by atoms with E-state index in [4.69, 9.17) is 4.74 Å². The summed E-state index contributed by atoms with van der Waals surface area (Å²) in [5.74, 6) is 0.900. The fourth-order valence-electron chi connectivity index (χ4n) is 1.81. The van der Waals surface area contributed by atoms with Crippen molar-refractivity contribution in [3.05, 3.63) is 36.8 Å². The van der Waals surface area contributed by atoms with Gasteiger partial charge in [-0.2, -0.15) is 0 Å². The summed E-state index contributed by atoms with van der Waals surface area (Å²) in [6.07, 6.45) is 5.59. The third-order valence-corrected chi connectivity index (χ3v) is 3.84. The number of nitrogens with zero attached hydrogens (tertiary/aromatic N) is 3. The van der Waals surface area contributed by atoms with Gasteiger partial charge < -0.3 is 9.72 Å². The minimum absolute atomic E-state index is 0.687. The minimum atomic E-state index is 0.687. The fourth-order valence-corrected chi connectivity index (χ4v) is 2.53. The largest absolute Gasteiger partial charge is 0.494 e. The molecule has 0 aliphatic carbocycles. The van der Waals surface area contributed by atoms with E-state index in [0.29, 0.717) is 10.8 Å². The lowest BCUT2D eigenvalue weighted by atomic mass is 10.3. The molecule has 0 bridgehead atoms. The van der Waals surface area contributed by atoms with Gasteiger partial charge in [0.25, 0.3) is 0 Å². The molecule has 0 saturated heterocycles. The predicted molar refractivity (Wildman–Crippen MR) is 82.7 cm³/mol. The summed E-state index contributed by atoms with van der Waals surface area (Å²) in [5, 5.41) is 0.689. The van der Waals surface area contributed by atoms with Crippen molar-refractivity contribution < 1.29 is 4.74 Å². The number of aromatic nitrogens is 4. The first-order valence-electron chi connectivity index (χ1n) is 6.92. The van der Waals surface area contributed by atoms with Crippen LogP contribution in [0.5, 0.6) is 5.75 Å². The first kappa shape index (κ1) is 13.9. The smallest absolute Gasteiger partial charge is 0.194 e. The number of rotatable bonds is 6. The van der Waals surface area contributed by atoms with Crippen LogP contribution in [0.4, 0.5) is 0 Å². The molecule has 1 N–H and O–H groups in total. The topological polar surface area (TPSA) is 63.7 Å². The normalized spacial score (nSPS) is 10.9. The van der Waals surface area contributed by atoms with Crippen molar-refractivity contribution in [2.75, 3.05) is 6.61 Å². The molecule has 3 aromatic rings. The summed E-state index contributed by atoms with van der Waals surface area (Å²) in [4.78, 5) is 16.9. The lowest BCUT2D eigenvalue weighted by molar-refractivity contribution is 0.309. The number of benzene rings is 1. The molecule has 2 aromatic heterocycles. The molecule has 1 aromatic carbocycles. The summed E-state index contributed by atoms with van der Waals surface area (Å²) >= 11 is 1.51. The molecule has 108 valence electrons. The number of nitrogens with one attached hydrogen (secondary N) is 1. The van der Waals surface area contributed by atoms with E-state index in [-0.39, 0.29) is 0 Å². The maximum Gasteiger partial charge on any atom is 0.194 e. The number of ether oxygens (including phenoxy) is 1. The minimum Gasteiger partial charge on any atom is -0.494 e. The van der Waals surface area contributed by atoms with Gasteiger partial charge in [-0.1, -0.05) is 13.3 Å². The molecule has 0 aliphatic rings. The molecule has 0 saturated carbocycles. The van der Waals surface area contributed by atoms with Crippen molar-refractivity contribution in [3.8, 4) is 5.75 Å². The van der Waals surface area contributed by atoms with Gasteiger partial charge in [0.05, 0.1) is 19.1 Å². The second-order valence-corrected chi connectivity index (χ2v) is 5.61. The Morgan fingerprint density at radius 2 is 2.05 bits per heavy atom. The molecular weight excluding hydrogens is 284 g/mol. The Hall–Kier alpha value is -2.08. The van der Waals surface area contributed by atoms with Crippen LogP contribution in [0, 0.1) is 0 Å². The third-order valence-electron chi connectivity index (χ3n) is 2.95. The molecule has 0 radical (unpaired) electrons. The predicted octanol–water partition coefficient (Wildman–Crippen LogP) is 3.68. The summed E-state index contributed by atoms with van der Waals surface area (Å²) in [6, 6.07) is 7.99. The molecule has 0 spiro atoms. The number of H-pyrrole nitrogens is 1. The Morgan fingerprint density at radius 1 is 1.19 bits per heavy atom. The van der Waals surface area contributed by atoms with E-state index in [9.17, 15) is 0 Å². The van der Waals surface area contributed by atoms with Crippen molar-refractivity contribution in [2.45, 2.75) is 29.8 Å². The molecule has 0 atom stereocenters. The van der Waals surface area contributed by atoms with Crippen LogP contribution in [0.25, 0.3) is 11.2 Å². The Kier molecular flexibility index (Phi) is 4.35. The molecular formula is C15H16N4OS. The molecule has 5 nitrogen and oxygen atoms in total. The van der Waals surface area contributed by atoms with E-state index in [1.54, 1.807) is 12.5 Å². The summed E-state index contributed by atoms with van der Waals surface area (Å²) in [6.45, 7) is 2.92. The van der Waals surface area contributed by atoms with Gasteiger partial charge in [-0.25, -0.2) is 15.0 Å². The summed E-state index contributed by atoms with van der Waals surface area (Å²) in [5.41, 5.74) is 1.53. The second kappa shape index (κ2) is 6.58. The van der Waals surface area contributed by atoms with Gasteiger partial charge in [-0.3, -0.25) is 0 Å². The highest BCUT2D eigenvalue weighted by atomic mass is 32.2. The van der Waals surface area contributed by atoms with Crippen LogP contribution < -0.4 is 4.74 Å². The third kappa shape index (κ3) is 3.52. The van der Waals surface area contributed by atoms with E-state index in [1.165, 1.54) is 11.8 Å². The van der Waals surface area contributed by atoms with Crippen LogP contribution in [0.2, 0.25) is 0 Å². The van der Waals surface area contributed by atoms with E-state index in [2.05, 4.69) is 26.9 Å². The number of aromatic amines is 1. The number of hydrogen-bond donors (Lipinski definition) is 1. The number of fused-ring (bicyclic) bond motifs is 1.